The maximum absolute atomic E-state index is 13.7. The first kappa shape index (κ1) is 29.1. The molecule has 4 rings (SSSR count). The smallest absolute Gasteiger partial charge is 0.317 e. The SMILES string of the molecule is C[C@H]1CN([C@@H](C)CO)C(=O)c2cccc(NC(=O)C3CCOCC3)c2O[C@H]1CN(C)C(=O)NC1CCCCC1. The van der Waals surface area contributed by atoms with Crippen LogP contribution in [-0.4, -0.2) is 90.9 Å². The Balaban J connectivity index is 1.59. The molecule has 216 valence electrons. The molecule has 2 fully saturated rings. The van der Waals surface area contributed by atoms with Crippen molar-refractivity contribution in [3.63, 3.8) is 0 Å². The molecule has 1 aromatic rings. The Morgan fingerprint density at radius 2 is 1.87 bits per heavy atom. The van der Waals surface area contributed by atoms with Crippen LogP contribution >= 0.6 is 0 Å². The first-order valence-corrected chi connectivity index (χ1v) is 14.4. The van der Waals surface area contributed by atoms with Gasteiger partial charge in [0.2, 0.25) is 5.91 Å². The number of ether oxygens (including phenoxy) is 2. The molecule has 10 nitrogen and oxygen atoms in total. The molecular formula is C29H44N4O6. The van der Waals surface area contributed by atoms with E-state index >= 15 is 0 Å². The van der Waals surface area contributed by atoms with Gasteiger partial charge >= 0.3 is 6.03 Å². The number of carbonyl (C=O) groups excluding carboxylic acids is 3. The standard InChI is InChI=1S/C29H44N4O6/c1-19-16-33(20(2)18-34)28(36)23-10-7-11-24(31-27(35)21-12-14-38-15-13-21)26(23)39-25(19)17-32(3)29(37)30-22-8-5-4-6-9-22/h7,10-11,19-22,25,34H,4-6,8-9,12-18H2,1-3H3,(H,30,37)(H,31,35)/t19-,20-,25-/m0/s1. The number of amides is 4. The minimum atomic E-state index is -0.450. The van der Waals surface area contributed by atoms with Gasteiger partial charge in [-0.2, -0.15) is 0 Å². The number of rotatable bonds is 7. The fourth-order valence-corrected chi connectivity index (χ4v) is 5.64. The Kier molecular flexibility index (Phi) is 10.1. The van der Waals surface area contributed by atoms with Gasteiger partial charge in [-0.3, -0.25) is 9.59 Å². The Morgan fingerprint density at radius 3 is 2.56 bits per heavy atom. The number of hydrogen-bond donors (Lipinski definition) is 3. The molecule has 0 aromatic heterocycles. The summed E-state index contributed by atoms with van der Waals surface area (Å²) in [5, 5.41) is 16.1. The first-order valence-electron chi connectivity index (χ1n) is 14.4. The number of likely N-dealkylation sites (N-methyl/N-ethyl adjacent to an activating group) is 1. The predicted molar refractivity (Wildman–Crippen MR) is 148 cm³/mol. The minimum Gasteiger partial charge on any atom is -0.485 e. The summed E-state index contributed by atoms with van der Waals surface area (Å²) in [6.07, 6.45) is 6.29. The van der Waals surface area contributed by atoms with Crippen molar-refractivity contribution in [1.82, 2.24) is 15.1 Å². The van der Waals surface area contributed by atoms with Gasteiger partial charge in [0.25, 0.3) is 5.91 Å². The van der Waals surface area contributed by atoms with Gasteiger partial charge in [0, 0.05) is 44.7 Å². The Morgan fingerprint density at radius 1 is 1.15 bits per heavy atom. The number of aliphatic hydroxyl groups excluding tert-OH is 1. The summed E-state index contributed by atoms with van der Waals surface area (Å²) in [5.74, 6) is -0.411. The van der Waals surface area contributed by atoms with Gasteiger partial charge in [0.15, 0.2) is 5.75 Å². The number of anilines is 1. The Hall–Kier alpha value is -2.85. The second-order valence-electron chi connectivity index (χ2n) is 11.3. The van der Waals surface area contributed by atoms with Crippen molar-refractivity contribution in [2.75, 3.05) is 45.3 Å². The summed E-state index contributed by atoms with van der Waals surface area (Å²) in [6.45, 7) is 5.37. The summed E-state index contributed by atoms with van der Waals surface area (Å²) in [5.41, 5.74) is 0.758. The number of carbonyl (C=O) groups is 3. The molecule has 1 aliphatic carbocycles. The third-order valence-corrected chi connectivity index (χ3v) is 8.27. The van der Waals surface area contributed by atoms with Crippen LogP contribution in [0, 0.1) is 11.8 Å². The number of aliphatic hydroxyl groups is 1. The minimum absolute atomic E-state index is 0.126. The first-order chi connectivity index (χ1) is 18.8. The summed E-state index contributed by atoms with van der Waals surface area (Å²) in [6, 6.07) is 4.80. The molecule has 1 aromatic carbocycles. The van der Waals surface area contributed by atoms with Crippen molar-refractivity contribution in [3.05, 3.63) is 23.8 Å². The molecule has 39 heavy (non-hydrogen) atoms. The highest BCUT2D eigenvalue weighted by atomic mass is 16.5. The van der Waals surface area contributed by atoms with Gasteiger partial charge in [-0.1, -0.05) is 32.3 Å². The molecule has 10 heteroatoms. The second kappa shape index (κ2) is 13.5. The van der Waals surface area contributed by atoms with E-state index in [1.54, 1.807) is 35.0 Å². The summed E-state index contributed by atoms with van der Waals surface area (Å²) in [4.78, 5) is 43.1. The number of hydrogen-bond acceptors (Lipinski definition) is 6. The molecule has 3 N–H and O–H groups in total. The van der Waals surface area contributed by atoms with E-state index in [4.69, 9.17) is 9.47 Å². The van der Waals surface area contributed by atoms with E-state index in [9.17, 15) is 19.5 Å². The number of urea groups is 1. The Labute approximate surface area is 231 Å². The molecule has 2 heterocycles. The lowest BCUT2D eigenvalue weighted by Crippen LogP contribution is -2.52. The molecule has 1 saturated heterocycles. The highest BCUT2D eigenvalue weighted by Gasteiger charge is 2.35. The average Bonchev–Trinajstić information content (AvgIpc) is 2.95. The lowest BCUT2D eigenvalue weighted by Gasteiger charge is -2.38. The van der Waals surface area contributed by atoms with Crippen LogP contribution in [-0.2, 0) is 9.53 Å². The number of benzene rings is 1. The molecule has 0 unspecified atom stereocenters. The van der Waals surface area contributed by atoms with Crippen LogP contribution in [0.15, 0.2) is 18.2 Å². The van der Waals surface area contributed by atoms with Gasteiger partial charge in [-0.05, 0) is 44.7 Å². The largest absolute Gasteiger partial charge is 0.485 e. The van der Waals surface area contributed by atoms with Gasteiger partial charge in [0.05, 0.1) is 30.4 Å². The van der Waals surface area contributed by atoms with Crippen molar-refractivity contribution in [2.45, 2.75) is 77.0 Å². The lowest BCUT2D eigenvalue weighted by atomic mass is 9.96. The van der Waals surface area contributed by atoms with Crippen molar-refractivity contribution >= 4 is 23.5 Å². The zero-order valence-corrected chi connectivity index (χ0v) is 23.5. The van der Waals surface area contributed by atoms with Crippen LogP contribution < -0.4 is 15.4 Å². The van der Waals surface area contributed by atoms with Crippen LogP contribution in [0.25, 0.3) is 0 Å². The fraction of sp³-hybridized carbons (Fsp3) is 0.690. The molecule has 0 radical (unpaired) electrons. The van der Waals surface area contributed by atoms with Gasteiger partial charge < -0.3 is 35.0 Å². The second-order valence-corrected chi connectivity index (χ2v) is 11.3. The van der Waals surface area contributed by atoms with Crippen molar-refractivity contribution in [3.8, 4) is 5.75 Å². The summed E-state index contributed by atoms with van der Waals surface area (Å²) < 4.78 is 11.9. The molecule has 0 bridgehead atoms. The van der Waals surface area contributed by atoms with Crippen molar-refractivity contribution in [1.29, 1.82) is 0 Å². The van der Waals surface area contributed by atoms with Crippen LogP contribution in [0.3, 0.4) is 0 Å². The van der Waals surface area contributed by atoms with Crippen LogP contribution in [0.4, 0.5) is 10.5 Å². The van der Waals surface area contributed by atoms with E-state index in [1.807, 2.05) is 13.8 Å². The maximum atomic E-state index is 13.7. The van der Waals surface area contributed by atoms with E-state index in [2.05, 4.69) is 10.6 Å². The third-order valence-electron chi connectivity index (χ3n) is 8.27. The van der Waals surface area contributed by atoms with Crippen molar-refractivity contribution in [2.24, 2.45) is 11.8 Å². The topological polar surface area (TPSA) is 120 Å². The predicted octanol–water partition coefficient (Wildman–Crippen LogP) is 3.25. The van der Waals surface area contributed by atoms with E-state index < -0.39 is 12.1 Å². The molecular weight excluding hydrogens is 500 g/mol. The normalized spacial score (nSPS) is 23.6. The summed E-state index contributed by atoms with van der Waals surface area (Å²) >= 11 is 0. The average molecular weight is 545 g/mol. The molecule has 1 saturated carbocycles. The molecule has 3 atom stereocenters. The van der Waals surface area contributed by atoms with E-state index in [0.29, 0.717) is 56.1 Å². The quantitative estimate of drug-likeness (QED) is 0.485. The molecule has 0 spiro atoms. The monoisotopic (exact) mass is 544 g/mol. The third kappa shape index (κ3) is 7.22. The van der Waals surface area contributed by atoms with Crippen LogP contribution in [0.2, 0.25) is 0 Å². The molecule has 4 amide bonds. The van der Waals surface area contributed by atoms with Gasteiger partial charge in [-0.25, -0.2) is 4.79 Å². The lowest BCUT2D eigenvalue weighted by molar-refractivity contribution is -0.122. The van der Waals surface area contributed by atoms with Crippen LogP contribution in [0.5, 0.6) is 5.75 Å². The number of para-hydroxylation sites is 1. The van der Waals surface area contributed by atoms with E-state index in [0.717, 1.165) is 25.7 Å². The Bertz CT molecular complexity index is 1010. The zero-order chi connectivity index (χ0) is 27.9. The highest BCUT2D eigenvalue weighted by molar-refractivity contribution is 6.02. The number of nitrogens with one attached hydrogen (secondary N) is 2. The van der Waals surface area contributed by atoms with E-state index in [-0.39, 0.29) is 42.3 Å². The number of nitrogens with zero attached hydrogens (tertiary/aromatic N) is 2. The van der Waals surface area contributed by atoms with Crippen molar-refractivity contribution < 1.29 is 29.0 Å². The number of fused-ring (bicyclic) bond motifs is 1. The highest BCUT2D eigenvalue weighted by Crippen LogP contribution is 2.35. The fourth-order valence-electron chi connectivity index (χ4n) is 5.64. The summed E-state index contributed by atoms with van der Waals surface area (Å²) in [7, 11) is 1.76. The van der Waals surface area contributed by atoms with Crippen LogP contribution in [0.1, 0.15) is 69.2 Å². The van der Waals surface area contributed by atoms with E-state index in [1.165, 1.54) is 6.42 Å². The maximum Gasteiger partial charge on any atom is 0.317 e. The molecule has 2 aliphatic heterocycles. The molecule has 3 aliphatic rings. The van der Waals surface area contributed by atoms with Gasteiger partial charge in [0.1, 0.15) is 6.10 Å². The zero-order valence-electron chi connectivity index (χ0n) is 23.5. The van der Waals surface area contributed by atoms with Gasteiger partial charge in [-0.15, -0.1) is 0 Å².